The monoisotopic (exact) mass is 535 g/mol. The molecule has 1 atom stereocenters. The second-order valence-corrected chi connectivity index (χ2v) is 9.97. The first kappa shape index (κ1) is 26.6. The van der Waals surface area contributed by atoms with Gasteiger partial charge in [-0.1, -0.05) is 30.3 Å². The number of likely N-dealkylation sites (tertiary alicyclic amines) is 1. The Kier molecular flexibility index (Phi) is 8.68. The van der Waals surface area contributed by atoms with Crippen molar-refractivity contribution in [2.24, 2.45) is 5.92 Å². The molecule has 1 fully saturated rings. The van der Waals surface area contributed by atoms with Crippen LogP contribution < -0.4 is 5.32 Å². The molecule has 9 heteroatoms. The van der Waals surface area contributed by atoms with Crippen molar-refractivity contribution >= 4 is 11.7 Å². The van der Waals surface area contributed by atoms with Crippen LogP contribution in [0, 0.1) is 11.7 Å². The maximum Gasteiger partial charge on any atom is 0.231 e. The van der Waals surface area contributed by atoms with E-state index in [9.17, 15) is 14.3 Å². The number of nitrogens with zero attached hydrogens (tertiary/aromatic N) is 2. The molecule has 3 aliphatic rings. The summed E-state index contributed by atoms with van der Waals surface area (Å²) in [6.07, 6.45) is 9.89. The molecule has 0 spiro atoms. The van der Waals surface area contributed by atoms with Crippen molar-refractivity contribution in [3.05, 3.63) is 96.2 Å². The molecule has 0 bridgehead atoms. The van der Waals surface area contributed by atoms with Crippen LogP contribution in [-0.4, -0.2) is 59.8 Å². The van der Waals surface area contributed by atoms with Gasteiger partial charge in [0.05, 0.1) is 5.56 Å². The summed E-state index contributed by atoms with van der Waals surface area (Å²) in [5, 5.41) is 12.9. The molecular weight excluding hydrogens is 501 g/mol. The molecule has 2 aromatic rings. The standard InChI is InChI=1S/C30H34FN3O5/c31-27-8-7-24(35)18-25(27)28-19-34(15-16-38-28)12-4-11-33-13-9-23(10-14-33)32-30(36)26(29-20-37-21-39-29)17-22-5-2-1-3-6-22/h1-3,5-8,15-16,18-20,23,26,35H,4,9-14,17,21H2,(H,32,36). The Balaban J connectivity index is 1.07. The number of carbonyl (C=O) groups excluding carboxylic acids is 1. The summed E-state index contributed by atoms with van der Waals surface area (Å²) < 4.78 is 30.5. The molecule has 0 saturated carbocycles. The van der Waals surface area contributed by atoms with Crippen molar-refractivity contribution in [3.63, 3.8) is 0 Å². The number of benzene rings is 2. The number of nitrogens with one attached hydrogen (secondary N) is 1. The molecule has 1 saturated heterocycles. The van der Waals surface area contributed by atoms with Crippen molar-refractivity contribution in [3.8, 4) is 5.75 Å². The summed E-state index contributed by atoms with van der Waals surface area (Å²) in [5.74, 6) is 0.0331. The molecule has 39 heavy (non-hydrogen) atoms. The van der Waals surface area contributed by atoms with E-state index in [1.54, 1.807) is 12.5 Å². The zero-order valence-electron chi connectivity index (χ0n) is 21.8. The number of rotatable bonds is 10. The Bertz CT molecular complexity index is 1220. The minimum atomic E-state index is -0.448. The van der Waals surface area contributed by atoms with Gasteiger partial charge in [0.25, 0.3) is 0 Å². The summed E-state index contributed by atoms with van der Waals surface area (Å²) in [4.78, 5) is 17.6. The van der Waals surface area contributed by atoms with Crippen LogP contribution in [0.3, 0.4) is 0 Å². The van der Waals surface area contributed by atoms with E-state index in [0.717, 1.165) is 51.0 Å². The second kappa shape index (κ2) is 12.7. The Hall–Kier alpha value is -3.98. The van der Waals surface area contributed by atoms with Gasteiger partial charge in [-0.2, -0.15) is 0 Å². The molecule has 0 radical (unpaired) electrons. The summed E-state index contributed by atoms with van der Waals surface area (Å²) in [7, 11) is 0. The predicted octanol–water partition coefficient (Wildman–Crippen LogP) is 4.31. The molecule has 2 N–H and O–H groups in total. The highest BCUT2D eigenvalue weighted by molar-refractivity contribution is 5.81. The lowest BCUT2D eigenvalue weighted by molar-refractivity contribution is -0.126. The zero-order chi connectivity index (χ0) is 27.0. The quantitative estimate of drug-likeness (QED) is 0.469. The van der Waals surface area contributed by atoms with Gasteiger partial charge >= 0.3 is 0 Å². The van der Waals surface area contributed by atoms with E-state index in [2.05, 4.69) is 10.2 Å². The lowest BCUT2D eigenvalue weighted by Gasteiger charge is -2.33. The summed E-state index contributed by atoms with van der Waals surface area (Å²) in [6, 6.07) is 14.0. The van der Waals surface area contributed by atoms with Crippen LogP contribution in [0.25, 0.3) is 5.76 Å². The van der Waals surface area contributed by atoms with E-state index >= 15 is 0 Å². The van der Waals surface area contributed by atoms with E-state index in [-0.39, 0.29) is 30.1 Å². The van der Waals surface area contributed by atoms with Crippen LogP contribution in [0.15, 0.2) is 79.2 Å². The lowest BCUT2D eigenvalue weighted by Crippen LogP contribution is -2.47. The Morgan fingerprint density at radius 2 is 1.95 bits per heavy atom. The zero-order valence-corrected chi connectivity index (χ0v) is 21.8. The number of aromatic hydroxyl groups is 1. The Labute approximate surface area is 228 Å². The normalized spacial score (nSPS) is 18.4. The second-order valence-electron chi connectivity index (χ2n) is 9.97. The van der Waals surface area contributed by atoms with Gasteiger partial charge in [-0.15, -0.1) is 0 Å². The van der Waals surface area contributed by atoms with Gasteiger partial charge in [0.15, 0.2) is 5.76 Å². The third kappa shape index (κ3) is 7.11. The van der Waals surface area contributed by atoms with E-state index < -0.39 is 11.7 Å². The number of phenols is 1. The van der Waals surface area contributed by atoms with E-state index in [4.69, 9.17) is 14.2 Å². The highest BCUT2D eigenvalue weighted by atomic mass is 19.1. The van der Waals surface area contributed by atoms with Crippen molar-refractivity contribution in [2.75, 3.05) is 33.0 Å². The first-order valence-electron chi connectivity index (χ1n) is 13.4. The van der Waals surface area contributed by atoms with Gasteiger partial charge in [0.2, 0.25) is 12.7 Å². The number of ether oxygens (including phenoxy) is 3. The third-order valence-electron chi connectivity index (χ3n) is 7.21. The number of carbonyl (C=O) groups is 1. The van der Waals surface area contributed by atoms with Gasteiger partial charge in [-0.05, 0) is 56.0 Å². The van der Waals surface area contributed by atoms with E-state index in [0.29, 0.717) is 17.9 Å². The molecule has 5 rings (SSSR count). The number of hydrogen-bond donors (Lipinski definition) is 2. The average molecular weight is 536 g/mol. The van der Waals surface area contributed by atoms with Crippen LogP contribution in [0.1, 0.15) is 30.4 Å². The summed E-state index contributed by atoms with van der Waals surface area (Å²) in [5.41, 5.74) is 1.30. The van der Waals surface area contributed by atoms with Gasteiger partial charge in [-0.3, -0.25) is 4.79 Å². The highest BCUT2D eigenvalue weighted by Crippen LogP contribution is 2.27. The van der Waals surface area contributed by atoms with Crippen molar-refractivity contribution in [2.45, 2.75) is 31.7 Å². The molecule has 3 aliphatic heterocycles. The summed E-state index contributed by atoms with van der Waals surface area (Å²) >= 11 is 0. The third-order valence-corrected chi connectivity index (χ3v) is 7.21. The molecule has 8 nitrogen and oxygen atoms in total. The molecule has 0 aromatic heterocycles. The lowest BCUT2D eigenvalue weighted by atomic mass is 9.95. The fourth-order valence-corrected chi connectivity index (χ4v) is 5.07. The van der Waals surface area contributed by atoms with Crippen LogP contribution in [-0.2, 0) is 25.4 Å². The molecule has 1 unspecified atom stereocenters. The summed E-state index contributed by atoms with van der Waals surface area (Å²) in [6.45, 7) is 3.63. The van der Waals surface area contributed by atoms with Gasteiger partial charge in [0, 0.05) is 38.1 Å². The molecular formula is C30H34FN3O5. The Morgan fingerprint density at radius 3 is 2.72 bits per heavy atom. The minimum absolute atomic E-state index is 0.0127. The largest absolute Gasteiger partial charge is 0.508 e. The number of halogens is 1. The van der Waals surface area contributed by atoms with Crippen LogP contribution in [0.4, 0.5) is 4.39 Å². The van der Waals surface area contributed by atoms with Crippen molar-refractivity contribution in [1.29, 1.82) is 0 Å². The van der Waals surface area contributed by atoms with Gasteiger partial charge < -0.3 is 34.4 Å². The van der Waals surface area contributed by atoms with Crippen molar-refractivity contribution < 1.29 is 28.5 Å². The molecule has 206 valence electrons. The Morgan fingerprint density at radius 1 is 1.13 bits per heavy atom. The SMILES string of the molecule is O=C(NC1CCN(CCCN2C=COC(c3cc(O)ccc3F)=C2)CC1)C(Cc1ccccc1)C1=COCO1. The number of hydrogen-bond acceptors (Lipinski definition) is 7. The molecule has 2 aromatic carbocycles. The van der Waals surface area contributed by atoms with Crippen molar-refractivity contribution in [1.82, 2.24) is 15.1 Å². The minimum Gasteiger partial charge on any atom is -0.508 e. The first-order valence-corrected chi connectivity index (χ1v) is 13.4. The van der Waals surface area contributed by atoms with Crippen LogP contribution in [0.5, 0.6) is 5.75 Å². The van der Waals surface area contributed by atoms with E-state index in [1.807, 2.05) is 41.4 Å². The van der Waals surface area contributed by atoms with E-state index in [1.165, 1.54) is 24.5 Å². The average Bonchev–Trinajstić information content (AvgIpc) is 3.49. The number of amides is 1. The predicted molar refractivity (Wildman–Crippen MR) is 144 cm³/mol. The van der Waals surface area contributed by atoms with Crippen LogP contribution in [0.2, 0.25) is 0 Å². The fourth-order valence-electron chi connectivity index (χ4n) is 5.07. The number of phenolic OH excluding ortho intramolecular Hbond substituents is 1. The molecule has 0 aliphatic carbocycles. The first-order chi connectivity index (χ1) is 19.0. The molecule has 3 heterocycles. The maximum absolute atomic E-state index is 14.2. The fraction of sp³-hybridized carbons (Fsp3) is 0.367. The number of piperidine rings is 1. The topological polar surface area (TPSA) is 83.5 Å². The molecule has 1 amide bonds. The van der Waals surface area contributed by atoms with Gasteiger partial charge in [-0.25, -0.2) is 4.39 Å². The highest BCUT2D eigenvalue weighted by Gasteiger charge is 2.30. The maximum atomic E-state index is 14.2. The smallest absolute Gasteiger partial charge is 0.231 e. The van der Waals surface area contributed by atoms with Crippen LogP contribution >= 0.6 is 0 Å². The van der Waals surface area contributed by atoms with Gasteiger partial charge in [0.1, 0.15) is 35.8 Å².